The van der Waals surface area contributed by atoms with Crippen LogP contribution in [0.5, 0.6) is 0 Å². The maximum atomic E-state index is 12.9. The van der Waals surface area contributed by atoms with Crippen LogP contribution in [-0.2, 0) is 13.0 Å². The van der Waals surface area contributed by atoms with E-state index in [1.807, 2.05) is 11.0 Å². The van der Waals surface area contributed by atoms with Crippen molar-refractivity contribution in [2.24, 2.45) is 0 Å². The maximum absolute atomic E-state index is 12.9. The van der Waals surface area contributed by atoms with Gasteiger partial charge in [-0.2, -0.15) is 0 Å². The van der Waals surface area contributed by atoms with Gasteiger partial charge in [0.05, 0.1) is 12.3 Å². The van der Waals surface area contributed by atoms with Crippen molar-refractivity contribution >= 4 is 5.91 Å². The van der Waals surface area contributed by atoms with Crippen LogP contribution >= 0.6 is 0 Å². The molecule has 0 radical (unpaired) electrons. The molecule has 0 bridgehead atoms. The first-order valence-electron chi connectivity index (χ1n) is 8.69. The van der Waals surface area contributed by atoms with Gasteiger partial charge in [0.1, 0.15) is 5.69 Å². The van der Waals surface area contributed by atoms with Crippen LogP contribution in [0.3, 0.4) is 0 Å². The molecule has 4 nitrogen and oxygen atoms in total. The lowest BCUT2D eigenvalue weighted by molar-refractivity contribution is 0.0595. The van der Waals surface area contributed by atoms with E-state index < -0.39 is 0 Å². The molecule has 2 heterocycles. The van der Waals surface area contributed by atoms with Gasteiger partial charge in [-0.25, -0.2) is 4.98 Å². The van der Waals surface area contributed by atoms with Crippen LogP contribution in [0.4, 0.5) is 0 Å². The third-order valence-electron chi connectivity index (χ3n) is 4.68. The molecule has 1 aromatic carbocycles. The molecular formula is C20H24N2O2. The number of hydrogen-bond donors (Lipinski definition) is 1. The lowest BCUT2D eigenvalue weighted by Gasteiger charge is -2.35. The van der Waals surface area contributed by atoms with Gasteiger partial charge in [0.25, 0.3) is 5.91 Å². The number of pyridine rings is 1. The first-order chi connectivity index (χ1) is 11.8. The minimum atomic E-state index is -0.140. The molecule has 0 saturated carbocycles. The van der Waals surface area contributed by atoms with E-state index in [-0.39, 0.29) is 18.6 Å². The summed E-state index contributed by atoms with van der Waals surface area (Å²) in [6.45, 7) is 0.655. The number of aromatic nitrogens is 1. The fourth-order valence-electron chi connectivity index (χ4n) is 3.38. The molecule has 1 amide bonds. The van der Waals surface area contributed by atoms with Gasteiger partial charge in [0, 0.05) is 12.6 Å². The van der Waals surface area contributed by atoms with Gasteiger partial charge >= 0.3 is 0 Å². The third-order valence-corrected chi connectivity index (χ3v) is 4.68. The van der Waals surface area contributed by atoms with Crippen molar-refractivity contribution in [2.45, 2.75) is 44.8 Å². The average Bonchev–Trinajstić information content (AvgIpc) is 2.67. The highest BCUT2D eigenvalue weighted by molar-refractivity contribution is 5.92. The van der Waals surface area contributed by atoms with Crippen LogP contribution < -0.4 is 0 Å². The summed E-state index contributed by atoms with van der Waals surface area (Å²) in [7, 11) is 0. The normalized spacial score (nSPS) is 17.7. The predicted molar refractivity (Wildman–Crippen MR) is 93.6 cm³/mol. The topological polar surface area (TPSA) is 53.4 Å². The van der Waals surface area contributed by atoms with Crippen molar-refractivity contribution in [3.05, 3.63) is 65.5 Å². The molecule has 1 aromatic heterocycles. The van der Waals surface area contributed by atoms with Crippen LogP contribution in [0.25, 0.3) is 0 Å². The molecule has 1 aliphatic rings. The SMILES string of the molecule is O=C(c1cccc(CO)n1)N1CCCCC1CCc1ccccc1. The first-order valence-corrected chi connectivity index (χ1v) is 8.69. The molecule has 2 aromatic rings. The molecule has 0 aliphatic carbocycles. The summed E-state index contributed by atoms with van der Waals surface area (Å²) < 4.78 is 0. The molecular weight excluding hydrogens is 300 g/mol. The number of carbonyl (C=O) groups is 1. The van der Waals surface area contributed by atoms with Crippen LogP contribution in [-0.4, -0.2) is 33.5 Å². The maximum Gasteiger partial charge on any atom is 0.272 e. The standard InChI is InChI=1S/C20H24N2O2/c23-15-17-9-6-11-19(21-17)20(24)22-14-5-4-10-18(22)13-12-16-7-2-1-3-8-16/h1-3,6-9,11,18,23H,4-5,10,12-15H2. The van der Waals surface area contributed by atoms with Gasteiger partial charge in [-0.3, -0.25) is 4.79 Å². The van der Waals surface area contributed by atoms with E-state index >= 15 is 0 Å². The van der Waals surface area contributed by atoms with E-state index in [1.54, 1.807) is 18.2 Å². The quantitative estimate of drug-likeness (QED) is 0.919. The molecule has 4 heteroatoms. The van der Waals surface area contributed by atoms with Crippen LogP contribution in [0.2, 0.25) is 0 Å². The zero-order valence-electron chi connectivity index (χ0n) is 13.9. The number of aliphatic hydroxyl groups is 1. The monoisotopic (exact) mass is 324 g/mol. The van der Waals surface area contributed by atoms with Crippen molar-refractivity contribution in [1.82, 2.24) is 9.88 Å². The summed E-state index contributed by atoms with van der Waals surface area (Å²) in [5, 5.41) is 9.23. The van der Waals surface area contributed by atoms with Crippen LogP contribution in [0, 0.1) is 0 Å². The number of carbonyl (C=O) groups excluding carboxylic acids is 1. The summed E-state index contributed by atoms with van der Waals surface area (Å²) in [6, 6.07) is 16.0. The minimum Gasteiger partial charge on any atom is -0.390 e. The Morgan fingerprint density at radius 2 is 1.96 bits per heavy atom. The highest BCUT2D eigenvalue weighted by Gasteiger charge is 2.27. The van der Waals surface area contributed by atoms with Gasteiger partial charge in [-0.05, 0) is 49.8 Å². The molecule has 3 rings (SSSR count). The molecule has 1 aliphatic heterocycles. The second-order valence-electron chi connectivity index (χ2n) is 6.34. The Morgan fingerprint density at radius 1 is 1.12 bits per heavy atom. The van der Waals surface area contributed by atoms with Crippen molar-refractivity contribution in [2.75, 3.05) is 6.54 Å². The second-order valence-corrected chi connectivity index (χ2v) is 6.34. The lowest BCUT2D eigenvalue weighted by Crippen LogP contribution is -2.44. The van der Waals surface area contributed by atoms with Crippen molar-refractivity contribution in [3.8, 4) is 0 Å². The molecule has 0 spiro atoms. The van der Waals surface area contributed by atoms with E-state index in [0.717, 1.165) is 32.2 Å². The molecule has 1 N–H and O–H groups in total. The fraction of sp³-hybridized carbons (Fsp3) is 0.400. The van der Waals surface area contributed by atoms with Gasteiger partial charge in [0.2, 0.25) is 0 Å². The van der Waals surface area contributed by atoms with Crippen molar-refractivity contribution in [3.63, 3.8) is 0 Å². The Bertz CT molecular complexity index is 672. The zero-order chi connectivity index (χ0) is 16.8. The fourth-order valence-corrected chi connectivity index (χ4v) is 3.38. The summed E-state index contributed by atoms with van der Waals surface area (Å²) in [5.74, 6) is -0.0111. The zero-order valence-corrected chi connectivity index (χ0v) is 13.9. The Labute approximate surface area is 143 Å². The summed E-state index contributed by atoms with van der Waals surface area (Å²) in [5.41, 5.74) is 2.29. The van der Waals surface area contributed by atoms with Crippen LogP contribution in [0.1, 0.15) is 47.4 Å². The Hall–Kier alpha value is -2.20. The molecule has 1 atom stereocenters. The summed E-state index contributed by atoms with van der Waals surface area (Å²) >= 11 is 0. The highest BCUT2D eigenvalue weighted by Crippen LogP contribution is 2.23. The predicted octanol–water partition coefficient (Wildman–Crippen LogP) is 3.20. The van der Waals surface area contributed by atoms with Crippen LogP contribution in [0.15, 0.2) is 48.5 Å². The molecule has 1 saturated heterocycles. The third kappa shape index (κ3) is 4.01. The molecule has 24 heavy (non-hydrogen) atoms. The number of amides is 1. The number of rotatable bonds is 5. The highest BCUT2D eigenvalue weighted by atomic mass is 16.3. The second kappa shape index (κ2) is 8.06. The average molecular weight is 324 g/mol. The van der Waals surface area contributed by atoms with E-state index in [1.165, 1.54) is 12.0 Å². The van der Waals surface area contributed by atoms with Gasteiger partial charge in [-0.1, -0.05) is 36.4 Å². The Kier molecular flexibility index (Phi) is 5.59. The largest absolute Gasteiger partial charge is 0.390 e. The van der Waals surface area contributed by atoms with Gasteiger partial charge in [0.15, 0.2) is 0 Å². The van der Waals surface area contributed by atoms with Crippen molar-refractivity contribution in [1.29, 1.82) is 0 Å². The Morgan fingerprint density at radius 3 is 2.75 bits per heavy atom. The van der Waals surface area contributed by atoms with E-state index in [0.29, 0.717) is 11.4 Å². The minimum absolute atomic E-state index is 0.0111. The molecule has 1 fully saturated rings. The Balaban J connectivity index is 1.70. The number of benzene rings is 1. The number of likely N-dealkylation sites (tertiary alicyclic amines) is 1. The van der Waals surface area contributed by atoms with E-state index in [4.69, 9.17) is 0 Å². The summed E-state index contributed by atoms with van der Waals surface area (Å²) in [4.78, 5) is 19.1. The number of aliphatic hydroxyl groups excluding tert-OH is 1. The first kappa shape index (κ1) is 16.7. The molecule has 1 unspecified atom stereocenters. The smallest absolute Gasteiger partial charge is 0.272 e. The number of aryl methyl sites for hydroxylation is 1. The number of hydrogen-bond acceptors (Lipinski definition) is 3. The lowest BCUT2D eigenvalue weighted by atomic mass is 9.95. The number of nitrogens with zero attached hydrogens (tertiary/aromatic N) is 2. The van der Waals surface area contributed by atoms with E-state index in [9.17, 15) is 9.90 Å². The van der Waals surface area contributed by atoms with E-state index in [2.05, 4.69) is 29.2 Å². The number of piperidine rings is 1. The van der Waals surface area contributed by atoms with Gasteiger partial charge in [-0.15, -0.1) is 0 Å². The molecule has 126 valence electrons. The van der Waals surface area contributed by atoms with Gasteiger partial charge < -0.3 is 10.0 Å². The summed E-state index contributed by atoms with van der Waals surface area (Å²) in [6.07, 6.45) is 5.24. The van der Waals surface area contributed by atoms with Crippen molar-refractivity contribution < 1.29 is 9.90 Å².